The molecule has 0 fully saturated rings. The Kier molecular flexibility index (Phi) is 2.35. The van der Waals surface area contributed by atoms with Crippen LogP contribution in [0.5, 0.6) is 0 Å². The first kappa shape index (κ1) is 8.36. The Morgan fingerprint density at radius 2 is 2.38 bits per heavy atom. The van der Waals surface area contributed by atoms with E-state index in [9.17, 15) is 0 Å². The molecule has 0 bridgehead atoms. The summed E-state index contributed by atoms with van der Waals surface area (Å²) in [6.07, 6.45) is 5.41. The molecule has 2 rings (SSSR count). The first-order valence-corrected chi connectivity index (χ1v) is 4.87. The summed E-state index contributed by atoms with van der Waals surface area (Å²) in [4.78, 5) is 0. The van der Waals surface area contributed by atoms with E-state index >= 15 is 0 Å². The third kappa shape index (κ3) is 1.74. The second-order valence-electron chi connectivity index (χ2n) is 3.51. The minimum absolute atomic E-state index is 0.979. The van der Waals surface area contributed by atoms with Crippen molar-refractivity contribution in [3.63, 3.8) is 0 Å². The third-order valence-electron chi connectivity index (χ3n) is 2.49. The van der Waals surface area contributed by atoms with E-state index in [-0.39, 0.29) is 0 Å². The second-order valence-corrected chi connectivity index (χ2v) is 3.51. The molecule has 0 aliphatic carbocycles. The minimum Gasteiger partial charge on any atom is -0.385 e. The zero-order valence-corrected chi connectivity index (χ0v) is 7.84. The zero-order valence-electron chi connectivity index (χ0n) is 7.84. The number of rotatable bonds is 2. The number of allylic oxidation sites excluding steroid dienone is 1. The van der Waals surface area contributed by atoms with Gasteiger partial charge in [-0.3, -0.25) is 0 Å². The fraction of sp³-hybridized carbons (Fsp3) is 0.333. The number of nitrogens with one attached hydrogen (secondary N) is 1. The Hall–Kier alpha value is -1.24. The molecule has 1 aromatic carbocycles. The van der Waals surface area contributed by atoms with Gasteiger partial charge < -0.3 is 5.32 Å². The van der Waals surface area contributed by atoms with E-state index in [4.69, 9.17) is 0 Å². The maximum Gasteiger partial charge on any atom is 0.0372 e. The van der Waals surface area contributed by atoms with Crippen molar-refractivity contribution in [2.24, 2.45) is 0 Å². The van der Waals surface area contributed by atoms with E-state index in [2.05, 4.69) is 30.1 Å². The van der Waals surface area contributed by atoms with Crippen LogP contribution in [0.25, 0.3) is 0 Å². The number of benzene rings is 1. The van der Waals surface area contributed by atoms with Crippen molar-refractivity contribution in [2.45, 2.75) is 19.3 Å². The van der Waals surface area contributed by atoms with Gasteiger partial charge in [0.25, 0.3) is 0 Å². The van der Waals surface area contributed by atoms with Crippen LogP contribution in [0.4, 0.5) is 5.69 Å². The molecule has 0 atom stereocenters. The Morgan fingerprint density at radius 1 is 1.46 bits per heavy atom. The normalized spacial score (nSPS) is 14.5. The van der Waals surface area contributed by atoms with Gasteiger partial charge in [0, 0.05) is 12.2 Å². The predicted octanol–water partition coefficient (Wildman–Crippen LogP) is 2.77. The highest BCUT2D eigenvalue weighted by Gasteiger charge is 2.07. The number of aryl methyl sites for hydroxylation is 1. The molecule has 0 saturated carbocycles. The number of hydrogen-bond acceptors (Lipinski definition) is 1. The summed E-state index contributed by atoms with van der Waals surface area (Å²) < 4.78 is 0. The molecular weight excluding hydrogens is 158 g/mol. The maximum atomic E-state index is 3.75. The highest BCUT2D eigenvalue weighted by atomic mass is 14.9. The highest BCUT2D eigenvalue weighted by molar-refractivity contribution is 5.54. The van der Waals surface area contributed by atoms with E-state index in [1.54, 1.807) is 0 Å². The van der Waals surface area contributed by atoms with Crippen molar-refractivity contribution < 1.29 is 0 Å². The van der Waals surface area contributed by atoms with Crippen molar-refractivity contribution >= 4 is 5.69 Å². The van der Waals surface area contributed by atoms with Gasteiger partial charge in [0.2, 0.25) is 0 Å². The average Bonchev–Trinajstić information content (AvgIpc) is 2.18. The number of hydrogen-bond donors (Lipinski definition) is 1. The van der Waals surface area contributed by atoms with Crippen molar-refractivity contribution in [3.8, 4) is 0 Å². The molecule has 0 spiro atoms. The quantitative estimate of drug-likeness (QED) is 0.678. The van der Waals surface area contributed by atoms with Crippen LogP contribution in [0, 0.1) is 0 Å². The number of fused-ring (bicyclic) bond motifs is 1. The van der Waals surface area contributed by atoms with Crippen LogP contribution in [-0.2, 0) is 12.8 Å². The van der Waals surface area contributed by atoms with Gasteiger partial charge in [0.15, 0.2) is 0 Å². The van der Waals surface area contributed by atoms with E-state index in [1.807, 2.05) is 6.08 Å². The molecule has 1 heterocycles. The number of anilines is 1. The summed E-state index contributed by atoms with van der Waals surface area (Å²) in [5.74, 6) is 0. The van der Waals surface area contributed by atoms with Gasteiger partial charge in [-0.05, 0) is 36.5 Å². The molecule has 1 aromatic rings. The molecule has 1 heteroatoms. The van der Waals surface area contributed by atoms with E-state index in [0.29, 0.717) is 0 Å². The van der Waals surface area contributed by atoms with Gasteiger partial charge in [-0.25, -0.2) is 0 Å². The summed E-state index contributed by atoms with van der Waals surface area (Å²) in [6, 6.07) is 6.66. The summed E-state index contributed by atoms with van der Waals surface area (Å²) >= 11 is 0. The molecule has 1 aliphatic rings. The van der Waals surface area contributed by atoms with Gasteiger partial charge in [0.1, 0.15) is 0 Å². The summed E-state index contributed by atoms with van der Waals surface area (Å²) in [6.45, 7) is 4.87. The molecule has 0 amide bonds. The van der Waals surface area contributed by atoms with Crippen LogP contribution in [-0.4, -0.2) is 6.54 Å². The van der Waals surface area contributed by atoms with Crippen LogP contribution in [0.1, 0.15) is 17.5 Å². The Bertz CT molecular complexity index is 315. The van der Waals surface area contributed by atoms with Gasteiger partial charge in [-0.15, -0.1) is 6.58 Å². The first-order valence-electron chi connectivity index (χ1n) is 4.87. The monoisotopic (exact) mass is 173 g/mol. The van der Waals surface area contributed by atoms with Crippen LogP contribution >= 0.6 is 0 Å². The molecule has 68 valence electrons. The first-order chi connectivity index (χ1) is 6.40. The lowest BCUT2D eigenvalue weighted by Gasteiger charge is -2.18. The van der Waals surface area contributed by atoms with Crippen molar-refractivity contribution in [2.75, 3.05) is 11.9 Å². The highest BCUT2D eigenvalue weighted by Crippen LogP contribution is 2.22. The van der Waals surface area contributed by atoms with Crippen molar-refractivity contribution in [1.82, 2.24) is 0 Å². The molecule has 1 N–H and O–H groups in total. The van der Waals surface area contributed by atoms with Crippen LogP contribution in [0.2, 0.25) is 0 Å². The van der Waals surface area contributed by atoms with Crippen molar-refractivity contribution in [1.29, 1.82) is 0 Å². The minimum atomic E-state index is 0.979. The maximum absolute atomic E-state index is 3.75. The second kappa shape index (κ2) is 3.65. The topological polar surface area (TPSA) is 12.0 Å². The fourth-order valence-corrected chi connectivity index (χ4v) is 1.82. The Labute approximate surface area is 79.5 Å². The lowest BCUT2D eigenvalue weighted by molar-refractivity contribution is 0.828. The van der Waals surface area contributed by atoms with E-state index < -0.39 is 0 Å². The van der Waals surface area contributed by atoms with Crippen LogP contribution in [0.3, 0.4) is 0 Å². The Balaban J connectivity index is 2.29. The van der Waals surface area contributed by atoms with E-state index in [1.165, 1.54) is 29.7 Å². The molecule has 0 saturated heterocycles. The van der Waals surface area contributed by atoms with Gasteiger partial charge in [0.05, 0.1) is 0 Å². The molecule has 1 nitrogen and oxygen atoms in total. The molecule has 13 heavy (non-hydrogen) atoms. The average molecular weight is 173 g/mol. The Morgan fingerprint density at radius 3 is 3.23 bits per heavy atom. The van der Waals surface area contributed by atoms with Gasteiger partial charge in [-0.2, -0.15) is 0 Å². The zero-order chi connectivity index (χ0) is 9.10. The summed E-state index contributed by atoms with van der Waals surface area (Å²) in [7, 11) is 0. The molecular formula is C12H15N. The molecule has 1 aliphatic heterocycles. The van der Waals surface area contributed by atoms with Gasteiger partial charge >= 0.3 is 0 Å². The predicted molar refractivity (Wildman–Crippen MR) is 57.2 cm³/mol. The van der Waals surface area contributed by atoms with Crippen LogP contribution in [0.15, 0.2) is 30.9 Å². The summed E-state index contributed by atoms with van der Waals surface area (Å²) in [5, 5.41) is 3.41. The van der Waals surface area contributed by atoms with Crippen LogP contribution < -0.4 is 5.32 Å². The largest absolute Gasteiger partial charge is 0.385 e. The summed E-state index contributed by atoms with van der Waals surface area (Å²) in [5.41, 5.74) is 4.15. The smallest absolute Gasteiger partial charge is 0.0372 e. The molecule has 0 unspecified atom stereocenters. The van der Waals surface area contributed by atoms with E-state index in [0.717, 1.165) is 13.0 Å². The van der Waals surface area contributed by atoms with Gasteiger partial charge in [-0.1, -0.05) is 18.2 Å². The standard InChI is InChI=1S/C12H15N/c1-2-4-10-6-7-12-11(9-10)5-3-8-13-12/h2,6-7,9,13H,1,3-5,8H2. The third-order valence-corrected chi connectivity index (χ3v) is 2.49. The lowest BCUT2D eigenvalue weighted by Crippen LogP contribution is -2.11. The molecule has 0 aromatic heterocycles. The lowest BCUT2D eigenvalue weighted by atomic mass is 10.00. The fourth-order valence-electron chi connectivity index (χ4n) is 1.82. The SMILES string of the molecule is C=CCc1ccc2c(c1)CCCN2. The van der Waals surface area contributed by atoms with Crippen molar-refractivity contribution in [3.05, 3.63) is 42.0 Å². The molecule has 0 radical (unpaired) electrons.